The van der Waals surface area contributed by atoms with Gasteiger partial charge in [-0.3, -0.25) is 4.79 Å². The second-order valence-electron chi connectivity index (χ2n) is 5.75. The maximum Gasteiger partial charge on any atom is 0.255 e. The summed E-state index contributed by atoms with van der Waals surface area (Å²) in [6.07, 6.45) is 0.826. The Labute approximate surface area is 128 Å². The lowest BCUT2D eigenvalue weighted by Gasteiger charge is -2.31. The Hall–Kier alpha value is -1.23. The first kappa shape index (κ1) is 16.8. The van der Waals surface area contributed by atoms with E-state index in [2.05, 4.69) is 42.0 Å². The Morgan fingerprint density at radius 3 is 2.55 bits per heavy atom. The van der Waals surface area contributed by atoms with Gasteiger partial charge < -0.3 is 15.2 Å². The molecule has 0 heterocycles. The topological polar surface area (TPSA) is 58.6 Å². The Morgan fingerprint density at radius 1 is 1.45 bits per heavy atom. The van der Waals surface area contributed by atoms with E-state index >= 15 is 0 Å². The number of amides is 1. The highest BCUT2D eigenvalue weighted by Crippen LogP contribution is 2.26. The standard InChI is InChI=1S/C15H22BrNO3/c1-15(2,3)13(7-8-16)17-14(19)11-6-5-10(20-4)9-12(11)18/h5-6,9,13,18H,7-8H2,1-4H3,(H,17,19). The van der Waals surface area contributed by atoms with E-state index < -0.39 is 0 Å². The van der Waals surface area contributed by atoms with Crippen LogP contribution in [0.15, 0.2) is 18.2 Å². The van der Waals surface area contributed by atoms with Gasteiger partial charge in [0.15, 0.2) is 0 Å². The van der Waals surface area contributed by atoms with Crippen molar-refractivity contribution in [2.45, 2.75) is 33.2 Å². The number of rotatable bonds is 5. The first-order valence-corrected chi connectivity index (χ1v) is 7.65. The molecule has 1 aromatic carbocycles. The molecule has 4 nitrogen and oxygen atoms in total. The van der Waals surface area contributed by atoms with E-state index in [1.54, 1.807) is 12.1 Å². The van der Waals surface area contributed by atoms with Crippen molar-refractivity contribution in [1.29, 1.82) is 0 Å². The molecule has 1 atom stereocenters. The van der Waals surface area contributed by atoms with Crippen LogP contribution >= 0.6 is 15.9 Å². The molecule has 1 amide bonds. The van der Waals surface area contributed by atoms with Crippen molar-refractivity contribution in [3.05, 3.63) is 23.8 Å². The highest BCUT2D eigenvalue weighted by Gasteiger charge is 2.26. The maximum absolute atomic E-state index is 12.3. The summed E-state index contributed by atoms with van der Waals surface area (Å²) in [6, 6.07) is 4.68. The summed E-state index contributed by atoms with van der Waals surface area (Å²) in [5, 5.41) is 13.7. The number of carbonyl (C=O) groups excluding carboxylic acids is 1. The van der Waals surface area contributed by atoms with Crippen molar-refractivity contribution in [2.24, 2.45) is 5.41 Å². The van der Waals surface area contributed by atoms with Crippen molar-refractivity contribution in [2.75, 3.05) is 12.4 Å². The minimum Gasteiger partial charge on any atom is -0.507 e. The smallest absolute Gasteiger partial charge is 0.255 e. The van der Waals surface area contributed by atoms with Gasteiger partial charge in [-0.15, -0.1) is 0 Å². The van der Waals surface area contributed by atoms with Crippen LogP contribution in [0.3, 0.4) is 0 Å². The molecule has 0 aromatic heterocycles. The third-order valence-corrected chi connectivity index (χ3v) is 3.66. The number of hydrogen-bond acceptors (Lipinski definition) is 3. The normalized spacial score (nSPS) is 12.8. The van der Waals surface area contributed by atoms with E-state index in [-0.39, 0.29) is 28.7 Å². The van der Waals surface area contributed by atoms with E-state index in [0.29, 0.717) is 5.75 Å². The molecule has 0 aliphatic rings. The highest BCUT2D eigenvalue weighted by atomic mass is 79.9. The Morgan fingerprint density at radius 2 is 2.10 bits per heavy atom. The number of phenols is 1. The molecule has 5 heteroatoms. The van der Waals surface area contributed by atoms with E-state index in [9.17, 15) is 9.90 Å². The van der Waals surface area contributed by atoms with Crippen LogP contribution in [-0.4, -0.2) is 29.5 Å². The van der Waals surface area contributed by atoms with Gasteiger partial charge in [0.25, 0.3) is 5.91 Å². The summed E-state index contributed by atoms with van der Waals surface area (Å²) in [6.45, 7) is 6.23. The van der Waals surface area contributed by atoms with Crippen molar-refractivity contribution in [3.63, 3.8) is 0 Å². The summed E-state index contributed by atoms with van der Waals surface area (Å²) in [4.78, 5) is 12.3. The van der Waals surface area contributed by atoms with Gasteiger partial charge in [0.2, 0.25) is 0 Å². The predicted octanol–water partition coefficient (Wildman–Crippen LogP) is 3.33. The number of phenolic OH excluding ortho intramolecular Hbond substituents is 1. The van der Waals surface area contributed by atoms with Crippen molar-refractivity contribution < 1.29 is 14.6 Å². The third-order valence-electron chi connectivity index (χ3n) is 3.20. The van der Waals surface area contributed by atoms with Gasteiger partial charge in [0.05, 0.1) is 12.7 Å². The summed E-state index contributed by atoms with van der Waals surface area (Å²) < 4.78 is 5.01. The first-order valence-electron chi connectivity index (χ1n) is 6.53. The molecule has 2 N–H and O–H groups in total. The van der Waals surface area contributed by atoms with Crippen LogP contribution in [0.25, 0.3) is 0 Å². The number of nitrogens with one attached hydrogen (secondary N) is 1. The van der Waals surface area contributed by atoms with Crippen LogP contribution in [0, 0.1) is 5.41 Å². The molecule has 0 aliphatic heterocycles. The molecule has 0 spiro atoms. The average molecular weight is 344 g/mol. The number of alkyl halides is 1. The zero-order valence-electron chi connectivity index (χ0n) is 12.4. The number of methoxy groups -OCH3 is 1. The summed E-state index contributed by atoms with van der Waals surface area (Å²) >= 11 is 3.40. The van der Waals surface area contributed by atoms with Gasteiger partial charge in [0, 0.05) is 17.4 Å². The monoisotopic (exact) mass is 343 g/mol. The molecule has 0 saturated heterocycles. The fourth-order valence-electron chi connectivity index (χ4n) is 1.90. The molecule has 0 fully saturated rings. The summed E-state index contributed by atoms with van der Waals surface area (Å²) in [5.74, 6) is 0.172. The molecule has 0 bridgehead atoms. The van der Waals surface area contributed by atoms with Crippen LogP contribution in [-0.2, 0) is 0 Å². The van der Waals surface area contributed by atoms with Crippen molar-refractivity contribution in [3.8, 4) is 11.5 Å². The zero-order chi connectivity index (χ0) is 15.3. The molecule has 0 saturated carbocycles. The van der Waals surface area contributed by atoms with Gasteiger partial charge in [0.1, 0.15) is 11.5 Å². The van der Waals surface area contributed by atoms with Gasteiger partial charge >= 0.3 is 0 Å². The second-order valence-corrected chi connectivity index (χ2v) is 6.55. The fraction of sp³-hybridized carbons (Fsp3) is 0.533. The largest absolute Gasteiger partial charge is 0.507 e. The third kappa shape index (κ3) is 4.40. The van der Waals surface area contributed by atoms with Gasteiger partial charge in [-0.25, -0.2) is 0 Å². The number of aromatic hydroxyl groups is 1. The lowest BCUT2D eigenvalue weighted by Crippen LogP contribution is -2.44. The Balaban J connectivity index is 2.89. The van der Waals surface area contributed by atoms with Crippen LogP contribution in [0.2, 0.25) is 0 Å². The van der Waals surface area contributed by atoms with E-state index in [1.165, 1.54) is 13.2 Å². The van der Waals surface area contributed by atoms with Gasteiger partial charge in [-0.05, 0) is 24.0 Å². The molecular weight excluding hydrogens is 322 g/mol. The predicted molar refractivity (Wildman–Crippen MR) is 83.8 cm³/mol. The minimum absolute atomic E-state index is 0.0240. The number of benzene rings is 1. The first-order chi connectivity index (χ1) is 9.29. The fourth-order valence-corrected chi connectivity index (χ4v) is 2.36. The molecule has 20 heavy (non-hydrogen) atoms. The number of carbonyl (C=O) groups is 1. The molecule has 1 rings (SSSR count). The van der Waals surface area contributed by atoms with Crippen LogP contribution < -0.4 is 10.1 Å². The minimum atomic E-state index is -0.272. The highest BCUT2D eigenvalue weighted by molar-refractivity contribution is 9.09. The average Bonchev–Trinajstić information content (AvgIpc) is 2.36. The van der Waals surface area contributed by atoms with Crippen LogP contribution in [0.5, 0.6) is 11.5 Å². The summed E-state index contributed by atoms with van der Waals surface area (Å²) in [5.41, 5.74) is 0.209. The molecule has 1 unspecified atom stereocenters. The van der Waals surface area contributed by atoms with E-state index in [0.717, 1.165) is 11.8 Å². The van der Waals surface area contributed by atoms with Gasteiger partial charge in [-0.2, -0.15) is 0 Å². The molecule has 1 aromatic rings. The molecule has 0 radical (unpaired) electrons. The van der Waals surface area contributed by atoms with Crippen LogP contribution in [0.1, 0.15) is 37.6 Å². The SMILES string of the molecule is COc1ccc(C(=O)NC(CCBr)C(C)(C)C)c(O)c1. The van der Waals surface area contributed by atoms with E-state index in [4.69, 9.17) is 4.74 Å². The molecular formula is C15H22BrNO3. The lowest BCUT2D eigenvalue weighted by atomic mass is 9.85. The van der Waals surface area contributed by atoms with Gasteiger partial charge in [-0.1, -0.05) is 36.7 Å². The number of halogens is 1. The molecule has 112 valence electrons. The zero-order valence-corrected chi connectivity index (χ0v) is 14.0. The Kier molecular flexibility index (Phi) is 5.87. The van der Waals surface area contributed by atoms with Crippen molar-refractivity contribution >= 4 is 21.8 Å². The number of hydrogen-bond donors (Lipinski definition) is 2. The number of ether oxygens (including phenoxy) is 1. The quantitative estimate of drug-likeness (QED) is 0.806. The van der Waals surface area contributed by atoms with Crippen LogP contribution in [0.4, 0.5) is 0 Å². The Bertz CT molecular complexity index is 469. The summed E-state index contributed by atoms with van der Waals surface area (Å²) in [7, 11) is 1.51. The maximum atomic E-state index is 12.3. The van der Waals surface area contributed by atoms with Crippen molar-refractivity contribution in [1.82, 2.24) is 5.32 Å². The van der Waals surface area contributed by atoms with E-state index in [1.807, 2.05) is 0 Å². The second kappa shape index (κ2) is 6.97. The lowest BCUT2D eigenvalue weighted by molar-refractivity contribution is 0.0898. The molecule has 0 aliphatic carbocycles.